The van der Waals surface area contributed by atoms with Crippen molar-refractivity contribution in [3.63, 3.8) is 0 Å². The van der Waals surface area contributed by atoms with E-state index in [0.29, 0.717) is 28.9 Å². The standard InChI is InChI=1S/C26H25F4N7O3/c1-2-3-4-10-40-25(39)36-23-19(27)13-32-22(35-23)17-8-9-37-20(14-31-21(37)12-17)16-6-5-7-18(11-16)34-24(38)33-15-26(28,29)30/h5-9,11-14H,2-4,10,15H2,1H3,(H2,33,34,38)(H,32,35,36,39). The summed E-state index contributed by atoms with van der Waals surface area (Å²) < 4.78 is 58.1. The van der Waals surface area contributed by atoms with Gasteiger partial charge in [0.25, 0.3) is 0 Å². The molecule has 3 aromatic heterocycles. The van der Waals surface area contributed by atoms with Crippen LogP contribution in [-0.2, 0) is 4.74 Å². The number of aromatic nitrogens is 4. The molecular formula is C26H25F4N7O3. The molecule has 0 aliphatic rings. The molecule has 0 aliphatic heterocycles. The number of carbonyl (C=O) groups excluding carboxylic acids is 2. The zero-order valence-corrected chi connectivity index (χ0v) is 21.3. The van der Waals surface area contributed by atoms with Crippen LogP contribution in [0.3, 0.4) is 0 Å². The van der Waals surface area contributed by atoms with Crippen LogP contribution >= 0.6 is 0 Å². The van der Waals surface area contributed by atoms with Crippen LogP contribution in [0, 0.1) is 5.82 Å². The summed E-state index contributed by atoms with van der Waals surface area (Å²) in [6.45, 7) is 0.778. The second-order valence-corrected chi connectivity index (χ2v) is 8.65. The van der Waals surface area contributed by atoms with Crippen LogP contribution in [0.15, 0.2) is 55.0 Å². The number of hydrogen-bond donors (Lipinski definition) is 3. The average Bonchev–Trinajstić information content (AvgIpc) is 3.34. The van der Waals surface area contributed by atoms with E-state index >= 15 is 0 Å². The molecule has 0 bridgehead atoms. The van der Waals surface area contributed by atoms with E-state index < -0.39 is 30.7 Å². The molecule has 10 nitrogen and oxygen atoms in total. The van der Waals surface area contributed by atoms with Crippen molar-refractivity contribution in [1.82, 2.24) is 24.7 Å². The number of benzene rings is 1. The van der Waals surface area contributed by atoms with Crippen molar-refractivity contribution in [3.05, 3.63) is 60.8 Å². The Balaban J connectivity index is 1.50. The fraction of sp³-hybridized carbons (Fsp3) is 0.269. The van der Waals surface area contributed by atoms with Gasteiger partial charge in [0, 0.05) is 23.0 Å². The Morgan fingerprint density at radius 3 is 2.62 bits per heavy atom. The number of halogens is 4. The first-order valence-corrected chi connectivity index (χ1v) is 12.3. The van der Waals surface area contributed by atoms with Gasteiger partial charge < -0.3 is 15.4 Å². The largest absolute Gasteiger partial charge is 0.449 e. The van der Waals surface area contributed by atoms with E-state index in [0.717, 1.165) is 19.0 Å². The topological polar surface area (TPSA) is 123 Å². The predicted octanol–water partition coefficient (Wildman–Crippen LogP) is 6.02. The van der Waals surface area contributed by atoms with Gasteiger partial charge in [-0.1, -0.05) is 31.9 Å². The van der Waals surface area contributed by atoms with E-state index in [1.54, 1.807) is 52.4 Å². The Labute approximate surface area is 225 Å². The fourth-order valence-electron chi connectivity index (χ4n) is 3.69. The van der Waals surface area contributed by atoms with Crippen molar-refractivity contribution in [1.29, 1.82) is 0 Å². The molecule has 0 aliphatic carbocycles. The SMILES string of the molecule is CCCCCOC(=O)Nc1nc(-c2ccn3c(-c4cccc(NC(=O)NCC(F)(F)F)c4)cnc3c2)ncc1F. The van der Waals surface area contributed by atoms with E-state index in [2.05, 4.69) is 25.6 Å². The summed E-state index contributed by atoms with van der Waals surface area (Å²) in [6.07, 6.45) is 1.44. The first-order chi connectivity index (χ1) is 19.1. The van der Waals surface area contributed by atoms with Gasteiger partial charge in [-0.05, 0) is 30.7 Å². The van der Waals surface area contributed by atoms with Gasteiger partial charge in [0.1, 0.15) is 12.2 Å². The lowest BCUT2D eigenvalue weighted by molar-refractivity contribution is -0.122. The molecule has 0 radical (unpaired) electrons. The number of pyridine rings is 1. The molecule has 4 rings (SSSR count). The van der Waals surface area contributed by atoms with Gasteiger partial charge in [-0.3, -0.25) is 9.72 Å². The maximum Gasteiger partial charge on any atom is 0.412 e. The van der Waals surface area contributed by atoms with E-state index in [1.807, 2.05) is 6.92 Å². The Kier molecular flexibility index (Phi) is 8.76. The lowest BCUT2D eigenvalue weighted by atomic mass is 10.1. The molecule has 0 saturated carbocycles. The van der Waals surface area contributed by atoms with Crippen molar-refractivity contribution < 1.29 is 31.9 Å². The predicted molar refractivity (Wildman–Crippen MR) is 139 cm³/mol. The zero-order valence-electron chi connectivity index (χ0n) is 21.3. The minimum atomic E-state index is -4.52. The molecule has 4 aromatic rings. The fourth-order valence-corrected chi connectivity index (χ4v) is 3.69. The molecule has 1 aromatic carbocycles. The third-order valence-electron chi connectivity index (χ3n) is 5.58. The molecule has 0 fully saturated rings. The molecule has 14 heteroatoms. The molecule has 0 saturated heterocycles. The number of imidazole rings is 1. The molecule has 3 amide bonds. The number of urea groups is 1. The number of ether oxygens (including phenoxy) is 1. The van der Waals surface area contributed by atoms with E-state index in [1.165, 1.54) is 6.07 Å². The molecule has 210 valence electrons. The molecule has 0 atom stereocenters. The van der Waals surface area contributed by atoms with Crippen LogP contribution in [0.1, 0.15) is 26.2 Å². The van der Waals surface area contributed by atoms with Crippen molar-refractivity contribution in [2.24, 2.45) is 0 Å². The van der Waals surface area contributed by atoms with Gasteiger partial charge in [0.05, 0.1) is 24.7 Å². The lowest BCUT2D eigenvalue weighted by Gasteiger charge is -2.11. The number of hydrogen-bond acceptors (Lipinski definition) is 6. The van der Waals surface area contributed by atoms with Crippen molar-refractivity contribution in [2.75, 3.05) is 23.8 Å². The summed E-state index contributed by atoms with van der Waals surface area (Å²) >= 11 is 0. The highest BCUT2D eigenvalue weighted by molar-refractivity contribution is 5.90. The van der Waals surface area contributed by atoms with Gasteiger partial charge in [-0.15, -0.1) is 0 Å². The normalized spacial score (nSPS) is 11.3. The highest BCUT2D eigenvalue weighted by atomic mass is 19.4. The quantitative estimate of drug-likeness (QED) is 0.170. The Morgan fingerprint density at radius 1 is 1.02 bits per heavy atom. The summed E-state index contributed by atoms with van der Waals surface area (Å²) in [5.74, 6) is -0.997. The van der Waals surface area contributed by atoms with Crippen LogP contribution in [0.5, 0.6) is 0 Å². The van der Waals surface area contributed by atoms with Crippen molar-refractivity contribution >= 4 is 29.3 Å². The lowest BCUT2D eigenvalue weighted by Crippen LogP contribution is -2.36. The minimum Gasteiger partial charge on any atom is -0.449 e. The summed E-state index contributed by atoms with van der Waals surface area (Å²) in [5, 5.41) is 6.42. The highest BCUT2D eigenvalue weighted by Gasteiger charge is 2.27. The van der Waals surface area contributed by atoms with Crippen molar-refractivity contribution in [2.45, 2.75) is 32.4 Å². The van der Waals surface area contributed by atoms with Gasteiger partial charge in [0.15, 0.2) is 17.5 Å². The summed E-state index contributed by atoms with van der Waals surface area (Å²) in [4.78, 5) is 36.3. The third-order valence-corrected chi connectivity index (χ3v) is 5.58. The number of anilines is 2. The number of unbranched alkanes of at least 4 members (excludes halogenated alkanes) is 2. The maximum absolute atomic E-state index is 14.2. The van der Waals surface area contributed by atoms with Crippen LogP contribution in [0.4, 0.5) is 38.7 Å². The number of nitrogens with one attached hydrogen (secondary N) is 3. The van der Waals surface area contributed by atoms with Gasteiger partial charge in [-0.25, -0.2) is 28.9 Å². The second kappa shape index (κ2) is 12.4. The smallest absolute Gasteiger partial charge is 0.412 e. The molecule has 3 heterocycles. The minimum absolute atomic E-state index is 0.144. The number of carbonyl (C=O) groups is 2. The van der Waals surface area contributed by atoms with Crippen LogP contribution in [0.25, 0.3) is 28.3 Å². The van der Waals surface area contributed by atoms with E-state index in [4.69, 9.17) is 4.74 Å². The first-order valence-electron chi connectivity index (χ1n) is 12.3. The monoisotopic (exact) mass is 559 g/mol. The maximum atomic E-state index is 14.2. The number of amides is 3. The van der Waals surface area contributed by atoms with Gasteiger partial charge in [0.2, 0.25) is 0 Å². The zero-order chi connectivity index (χ0) is 28.7. The molecule has 0 spiro atoms. The number of alkyl halides is 3. The average molecular weight is 560 g/mol. The Hall–Kier alpha value is -4.75. The molecular weight excluding hydrogens is 534 g/mol. The van der Waals surface area contributed by atoms with E-state index in [-0.39, 0.29) is 23.9 Å². The van der Waals surface area contributed by atoms with Gasteiger partial charge >= 0.3 is 18.3 Å². The molecule has 3 N–H and O–H groups in total. The van der Waals surface area contributed by atoms with Crippen LogP contribution in [-0.4, -0.2) is 50.8 Å². The van der Waals surface area contributed by atoms with Crippen molar-refractivity contribution in [3.8, 4) is 22.6 Å². The number of nitrogens with zero attached hydrogens (tertiary/aromatic N) is 4. The first kappa shape index (κ1) is 28.3. The molecule has 0 unspecified atom stereocenters. The number of rotatable bonds is 9. The summed E-state index contributed by atoms with van der Waals surface area (Å²) in [7, 11) is 0. The summed E-state index contributed by atoms with van der Waals surface area (Å²) in [6, 6.07) is 8.86. The van der Waals surface area contributed by atoms with Gasteiger partial charge in [-0.2, -0.15) is 13.2 Å². The summed E-state index contributed by atoms with van der Waals surface area (Å²) in [5.41, 5.74) is 2.55. The Bertz CT molecular complexity index is 1510. The highest BCUT2D eigenvalue weighted by Crippen LogP contribution is 2.26. The number of fused-ring (bicyclic) bond motifs is 1. The van der Waals surface area contributed by atoms with Crippen LogP contribution in [0.2, 0.25) is 0 Å². The third kappa shape index (κ3) is 7.42. The second-order valence-electron chi connectivity index (χ2n) is 8.65. The van der Waals surface area contributed by atoms with E-state index in [9.17, 15) is 27.2 Å². The molecule has 40 heavy (non-hydrogen) atoms. The Morgan fingerprint density at radius 2 is 1.85 bits per heavy atom. The van der Waals surface area contributed by atoms with Crippen LogP contribution < -0.4 is 16.0 Å².